The maximum Gasteiger partial charge on any atom is 0.321 e. The number of carbonyl (C=O) groups is 1. The number of anilines is 2. The van der Waals surface area contributed by atoms with Crippen molar-refractivity contribution in [3.8, 4) is 0 Å². The molecule has 4 rings (SSSR count). The number of rotatable bonds is 5. The largest absolute Gasteiger partial charge is 0.324 e. The number of hydrazine groups is 2. The summed E-state index contributed by atoms with van der Waals surface area (Å²) >= 11 is 0. The highest BCUT2D eigenvalue weighted by Gasteiger charge is 2.33. The Bertz CT molecular complexity index is 1140. The van der Waals surface area contributed by atoms with Crippen LogP contribution in [0.2, 0.25) is 0 Å². The zero-order valence-corrected chi connectivity index (χ0v) is 20.4. The van der Waals surface area contributed by atoms with Gasteiger partial charge in [-0.2, -0.15) is 0 Å². The summed E-state index contributed by atoms with van der Waals surface area (Å²) in [6.07, 6.45) is 1.16. The van der Waals surface area contributed by atoms with Gasteiger partial charge < -0.3 is 10.2 Å². The minimum absolute atomic E-state index is 0.158. The third kappa shape index (κ3) is 5.32. The van der Waals surface area contributed by atoms with Gasteiger partial charge in [0.2, 0.25) is 10.0 Å². The molecule has 0 radical (unpaired) electrons. The van der Waals surface area contributed by atoms with E-state index in [9.17, 15) is 13.2 Å². The molecule has 0 spiro atoms. The van der Waals surface area contributed by atoms with E-state index in [4.69, 9.17) is 0 Å². The Hall–Kier alpha value is -3.15. The number of hydrazone groups is 1. The van der Waals surface area contributed by atoms with E-state index in [2.05, 4.69) is 26.2 Å². The number of sulfonamides is 1. The number of amides is 2. The van der Waals surface area contributed by atoms with Crippen molar-refractivity contribution >= 4 is 33.3 Å². The zero-order valence-electron chi connectivity index (χ0n) is 19.6. The third-order valence-corrected chi connectivity index (χ3v) is 8.11. The highest BCUT2D eigenvalue weighted by molar-refractivity contribution is 7.90. The van der Waals surface area contributed by atoms with Crippen LogP contribution in [0, 0.1) is 0 Å². The summed E-state index contributed by atoms with van der Waals surface area (Å²) < 4.78 is 26.7. The molecular formula is C23H31N7O3S. The van der Waals surface area contributed by atoms with Crippen molar-refractivity contribution in [1.82, 2.24) is 20.7 Å². The van der Waals surface area contributed by atoms with Crippen LogP contribution in [0.4, 0.5) is 16.2 Å². The fourth-order valence-corrected chi connectivity index (χ4v) is 4.72. The maximum absolute atomic E-state index is 12.7. The average molecular weight is 486 g/mol. The summed E-state index contributed by atoms with van der Waals surface area (Å²) in [6, 6.07) is 16.9. The average Bonchev–Trinajstić information content (AvgIpc) is 3.30. The van der Waals surface area contributed by atoms with Crippen LogP contribution >= 0.6 is 0 Å². The molecular weight excluding hydrogens is 454 g/mol. The molecule has 34 heavy (non-hydrogen) atoms. The van der Waals surface area contributed by atoms with E-state index in [0.29, 0.717) is 37.5 Å². The second kappa shape index (κ2) is 9.61. The van der Waals surface area contributed by atoms with E-state index in [-0.39, 0.29) is 12.1 Å². The number of likely N-dealkylation sites (tertiary alicyclic amines) is 1. The van der Waals surface area contributed by atoms with Crippen molar-refractivity contribution in [3.05, 3.63) is 60.2 Å². The number of urea groups is 1. The predicted octanol–water partition coefficient (Wildman–Crippen LogP) is 2.59. The summed E-state index contributed by atoms with van der Waals surface area (Å²) in [7, 11) is -3.41. The molecule has 1 fully saturated rings. The lowest BCUT2D eigenvalue weighted by Gasteiger charge is -2.33. The maximum atomic E-state index is 12.7. The number of piperidine rings is 1. The van der Waals surface area contributed by atoms with Crippen LogP contribution in [0.3, 0.4) is 0 Å². The molecule has 2 aromatic carbocycles. The Morgan fingerprint density at radius 1 is 1.03 bits per heavy atom. The number of nitrogens with one attached hydrogen (secondary N) is 4. The number of carbonyl (C=O) groups excluding carboxylic acids is 1. The zero-order chi connectivity index (χ0) is 24.3. The van der Waals surface area contributed by atoms with Crippen LogP contribution in [-0.4, -0.2) is 49.1 Å². The van der Waals surface area contributed by atoms with Crippen molar-refractivity contribution in [1.29, 1.82) is 0 Å². The molecule has 1 saturated heterocycles. The lowest BCUT2D eigenvalue weighted by molar-refractivity contribution is 0.193. The fourth-order valence-electron chi connectivity index (χ4n) is 3.69. The van der Waals surface area contributed by atoms with Crippen molar-refractivity contribution in [2.75, 3.05) is 23.4 Å². The Balaban J connectivity index is 1.32. The van der Waals surface area contributed by atoms with Crippen molar-refractivity contribution in [3.63, 3.8) is 0 Å². The van der Waals surface area contributed by atoms with E-state index < -0.39 is 14.8 Å². The molecule has 0 aromatic heterocycles. The van der Waals surface area contributed by atoms with E-state index in [0.717, 1.165) is 11.3 Å². The lowest BCUT2D eigenvalue weighted by Crippen LogP contribution is -2.50. The topological polar surface area (TPSA) is 118 Å². The van der Waals surface area contributed by atoms with E-state index in [1.165, 1.54) is 0 Å². The monoisotopic (exact) mass is 485 g/mol. The predicted molar refractivity (Wildman–Crippen MR) is 134 cm³/mol. The van der Waals surface area contributed by atoms with Gasteiger partial charge in [-0.25, -0.2) is 28.5 Å². The number of hydrogen-bond donors (Lipinski definition) is 4. The van der Waals surface area contributed by atoms with E-state index in [1.54, 1.807) is 25.7 Å². The lowest BCUT2D eigenvalue weighted by atomic mass is 10.1. The summed E-state index contributed by atoms with van der Waals surface area (Å²) in [4.78, 5) is 14.4. The van der Waals surface area contributed by atoms with Gasteiger partial charge in [-0.1, -0.05) is 18.2 Å². The smallest absolute Gasteiger partial charge is 0.321 e. The van der Waals surface area contributed by atoms with E-state index >= 15 is 0 Å². The Morgan fingerprint density at radius 2 is 1.68 bits per heavy atom. The molecule has 10 nitrogen and oxygen atoms in total. The molecule has 0 saturated carbocycles. The Labute approximate surface area is 200 Å². The van der Waals surface area contributed by atoms with Gasteiger partial charge in [-0.3, -0.25) is 0 Å². The molecule has 11 heteroatoms. The standard InChI is InChI=1S/C23H31N7O3S/c1-23(2,3)34(32,33)26-19-13-15-29(16-14-19)22(31)24-18-11-9-17(10-12-18)21-25-27-28-30(21)20-7-5-4-6-8-20/h4-12,19,26-28H,13-16H2,1-3H3,(H,24,31). The summed E-state index contributed by atoms with van der Waals surface area (Å²) in [5.74, 6) is 0.712. The molecule has 0 atom stereocenters. The van der Waals surface area contributed by atoms with E-state index in [1.807, 2.05) is 59.6 Å². The molecule has 2 aliphatic heterocycles. The van der Waals surface area contributed by atoms with Gasteiger partial charge in [0.25, 0.3) is 0 Å². The van der Waals surface area contributed by atoms with Gasteiger partial charge in [0.05, 0.1) is 10.4 Å². The molecule has 2 aromatic rings. The third-order valence-electron chi connectivity index (χ3n) is 5.85. The van der Waals surface area contributed by atoms with Crippen LogP contribution in [-0.2, 0) is 10.0 Å². The summed E-state index contributed by atoms with van der Waals surface area (Å²) in [5, 5.41) is 9.07. The van der Waals surface area contributed by atoms with Crippen LogP contribution < -0.4 is 26.1 Å². The normalized spacial score (nSPS) is 17.3. The van der Waals surface area contributed by atoms with Gasteiger partial charge in [0, 0.05) is 30.4 Å². The van der Waals surface area contributed by atoms with Gasteiger partial charge >= 0.3 is 6.03 Å². The first-order valence-electron chi connectivity index (χ1n) is 11.3. The first kappa shape index (κ1) is 24.0. The number of amidine groups is 1. The molecule has 2 aliphatic rings. The first-order valence-corrected chi connectivity index (χ1v) is 12.7. The second-order valence-corrected chi connectivity index (χ2v) is 11.8. The Kier molecular flexibility index (Phi) is 6.78. The molecule has 0 unspecified atom stereocenters. The fraction of sp³-hybridized carbons (Fsp3) is 0.391. The molecule has 182 valence electrons. The minimum Gasteiger partial charge on any atom is -0.324 e. The molecule has 4 N–H and O–H groups in total. The number of para-hydroxylation sites is 1. The van der Waals surface area contributed by atoms with Crippen LogP contribution in [0.25, 0.3) is 0 Å². The molecule has 2 amide bonds. The first-order chi connectivity index (χ1) is 16.1. The van der Waals surface area contributed by atoms with Gasteiger partial charge in [0.1, 0.15) is 0 Å². The highest BCUT2D eigenvalue weighted by atomic mass is 32.2. The molecule has 0 aliphatic carbocycles. The Morgan fingerprint density at radius 3 is 2.29 bits per heavy atom. The van der Waals surface area contributed by atoms with Crippen LogP contribution in [0.5, 0.6) is 0 Å². The van der Waals surface area contributed by atoms with Crippen molar-refractivity contribution < 1.29 is 13.2 Å². The van der Waals surface area contributed by atoms with Crippen molar-refractivity contribution in [2.45, 2.75) is 44.4 Å². The molecule has 2 heterocycles. The summed E-state index contributed by atoms with van der Waals surface area (Å²) in [5.41, 5.74) is 8.28. The second-order valence-electron chi connectivity index (χ2n) is 9.33. The van der Waals surface area contributed by atoms with Crippen LogP contribution in [0.15, 0.2) is 59.7 Å². The SMILES string of the molecule is CC(C)(C)S(=O)(=O)NC1CCN(C(=O)Nc2ccc(C3=NNNN3c3ccccc3)cc2)CC1. The van der Waals surface area contributed by atoms with Crippen LogP contribution in [0.1, 0.15) is 39.2 Å². The summed E-state index contributed by atoms with van der Waals surface area (Å²) in [6.45, 7) is 6.00. The van der Waals surface area contributed by atoms with Gasteiger partial charge in [-0.05, 0) is 70.0 Å². The van der Waals surface area contributed by atoms with Gasteiger partial charge in [0.15, 0.2) is 5.84 Å². The van der Waals surface area contributed by atoms with Crippen molar-refractivity contribution in [2.24, 2.45) is 5.10 Å². The number of nitrogens with zero attached hydrogens (tertiary/aromatic N) is 3. The minimum atomic E-state index is -3.41. The number of benzene rings is 2. The van der Waals surface area contributed by atoms with Gasteiger partial charge in [-0.15, -0.1) is 10.6 Å². The highest BCUT2D eigenvalue weighted by Crippen LogP contribution is 2.21. The number of hydrogen-bond acceptors (Lipinski definition) is 7. The molecule has 0 bridgehead atoms. The quantitative estimate of drug-likeness (QED) is 0.517.